The molecule has 0 radical (unpaired) electrons. The van der Waals surface area contributed by atoms with Crippen molar-refractivity contribution >= 4 is 29.0 Å². The van der Waals surface area contributed by atoms with E-state index < -0.39 is 10.8 Å². The SMILES string of the molecule is CN(c1ccccc1)c1ccc(C=C(C#N)C(=O)NCCc2ccccc2)cc1[N+](=O)[O-]. The molecule has 1 N–H and O–H groups in total. The molecule has 0 saturated heterocycles. The Morgan fingerprint density at radius 1 is 1.09 bits per heavy atom. The molecule has 0 aliphatic rings. The summed E-state index contributed by atoms with van der Waals surface area (Å²) >= 11 is 0. The summed E-state index contributed by atoms with van der Waals surface area (Å²) in [6.07, 6.45) is 1.99. The van der Waals surface area contributed by atoms with Gasteiger partial charge in [-0.05, 0) is 41.8 Å². The second kappa shape index (κ2) is 10.5. The number of nitrogens with one attached hydrogen (secondary N) is 1. The summed E-state index contributed by atoms with van der Waals surface area (Å²) < 4.78 is 0. The predicted octanol–water partition coefficient (Wildman–Crippen LogP) is 4.63. The maximum atomic E-state index is 12.4. The minimum Gasteiger partial charge on any atom is -0.351 e. The summed E-state index contributed by atoms with van der Waals surface area (Å²) in [5.74, 6) is -0.517. The van der Waals surface area contributed by atoms with Crippen molar-refractivity contribution in [3.05, 3.63) is 106 Å². The molecule has 0 aliphatic heterocycles. The average molecular weight is 426 g/mol. The van der Waals surface area contributed by atoms with E-state index in [2.05, 4.69) is 5.32 Å². The second-order valence-electron chi connectivity index (χ2n) is 7.06. The number of benzene rings is 3. The van der Waals surface area contributed by atoms with E-state index in [0.29, 0.717) is 24.2 Å². The fourth-order valence-electron chi connectivity index (χ4n) is 3.23. The molecule has 0 spiro atoms. The Hall–Kier alpha value is -4.44. The van der Waals surface area contributed by atoms with Crippen LogP contribution in [0.1, 0.15) is 11.1 Å². The normalized spacial score (nSPS) is 10.8. The lowest BCUT2D eigenvalue weighted by atomic mass is 10.1. The van der Waals surface area contributed by atoms with Gasteiger partial charge in [0.1, 0.15) is 17.3 Å². The largest absolute Gasteiger partial charge is 0.351 e. The number of rotatable bonds is 8. The van der Waals surface area contributed by atoms with E-state index in [1.165, 1.54) is 12.1 Å². The highest BCUT2D eigenvalue weighted by Gasteiger charge is 2.19. The van der Waals surface area contributed by atoms with Crippen molar-refractivity contribution < 1.29 is 9.72 Å². The Morgan fingerprint density at radius 3 is 2.38 bits per heavy atom. The highest BCUT2D eigenvalue weighted by molar-refractivity contribution is 6.01. The first kappa shape index (κ1) is 22.2. The van der Waals surface area contributed by atoms with Crippen molar-refractivity contribution in [3.63, 3.8) is 0 Å². The van der Waals surface area contributed by atoms with Crippen molar-refractivity contribution in [2.24, 2.45) is 0 Å². The number of nitro groups is 1. The van der Waals surface area contributed by atoms with Gasteiger partial charge in [-0.3, -0.25) is 14.9 Å². The lowest BCUT2D eigenvalue weighted by Gasteiger charge is -2.19. The number of carbonyl (C=O) groups is 1. The Balaban J connectivity index is 1.78. The van der Waals surface area contributed by atoms with Gasteiger partial charge in [0.25, 0.3) is 11.6 Å². The van der Waals surface area contributed by atoms with Gasteiger partial charge in [-0.25, -0.2) is 0 Å². The summed E-state index contributed by atoms with van der Waals surface area (Å²) in [5.41, 5.74) is 2.45. The van der Waals surface area contributed by atoms with E-state index in [9.17, 15) is 20.2 Å². The molecule has 0 unspecified atom stereocenters. The molecule has 0 aliphatic carbocycles. The van der Waals surface area contributed by atoms with Gasteiger partial charge in [0, 0.05) is 25.3 Å². The Bertz CT molecular complexity index is 1170. The lowest BCUT2D eigenvalue weighted by Crippen LogP contribution is -2.26. The minimum absolute atomic E-state index is 0.114. The molecular formula is C25H22N4O3. The van der Waals surface area contributed by atoms with Crippen molar-refractivity contribution in [2.75, 3.05) is 18.5 Å². The highest BCUT2D eigenvalue weighted by Crippen LogP contribution is 2.33. The lowest BCUT2D eigenvalue weighted by molar-refractivity contribution is -0.384. The van der Waals surface area contributed by atoms with Gasteiger partial charge < -0.3 is 10.2 Å². The Morgan fingerprint density at radius 2 is 1.75 bits per heavy atom. The summed E-state index contributed by atoms with van der Waals surface area (Å²) in [6, 6.07) is 25.5. The van der Waals surface area contributed by atoms with Gasteiger partial charge in [-0.2, -0.15) is 5.26 Å². The Labute approximate surface area is 186 Å². The summed E-state index contributed by atoms with van der Waals surface area (Å²) in [4.78, 5) is 25.3. The molecule has 7 heteroatoms. The molecule has 0 atom stereocenters. The van der Waals surface area contributed by atoms with E-state index in [-0.39, 0.29) is 11.3 Å². The number of carbonyl (C=O) groups excluding carboxylic acids is 1. The quantitative estimate of drug-likeness (QED) is 0.245. The van der Waals surface area contributed by atoms with Gasteiger partial charge in [-0.15, -0.1) is 0 Å². The fraction of sp³-hybridized carbons (Fsp3) is 0.120. The molecule has 0 heterocycles. The zero-order valence-electron chi connectivity index (χ0n) is 17.6. The van der Waals surface area contributed by atoms with Crippen LogP contribution in [0, 0.1) is 21.4 Å². The van der Waals surface area contributed by atoms with Crippen LogP contribution in [-0.4, -0.2) is 24.4 Å². The van der Waals surface area contributed by atoms with E-state index in [1.807, 2.05) is 66.7 Å². The number of hydrogen-bond acceptors (Lipinski definition) is 5. The second-order valence-corrected chi connectivity index (χ2v) is 7.06. The van der Waals surface area contributed by atoms with Crippen LogP contribution in [0.4, 0.5) is 17.1 Å². The fourth-order valence-corrected chi connectivity index (χ4v) is 3.23. The third-order valence-electron chi connectivity index (χ3n) is 4.92. The number of nitro benzene ring substituents is 1. The van der Waals surface area contributed by atoms with Gasteiger partial charge >= 0.3 is 0 Å². The van der Waals surface area contributed by atoms with Crippen molar-refractivity contribution in [1.82, 2.24) is 5.32 Å². The Kier molecular flexibility index (Phi) is 7.33. The van der Waals surface area contributed by atoms with Crippen molar-refractivity contribution in [3.8, 4) is 6.07 Å². The number of nitrogens with zero attached hydrogens (tertiary/aromatic N) is 3. The van der Waals surface area contributed by atoms with Crippen LogP contribution in [0.15, 0.2) is 84.4 Å². The van der Waals surface area contributed by atoms with Crippen molar-refractivity contribution in [2.45, 2.75) is 6.42 Å². The van der Waals surface area contributed by atoms with Gasteiger partial charge in [0.2, 0.25) is 0 Å². The van der Waals surface area contributed by atoms with E-state index >= 15 is 0 Å². The zero-order valence-corrected chi connectivity index (χ0v) is 17.6. The summed E-state index contributed by atoms with van der Waals surface area (Å²) in [5, 5.41) is 23.8. The molecule has 1 amide bonds. The molecule has 7 nitrogen and oxygen atoms in total. The molecule has 0 saturated carbocycles. The molecule has 0 aromatic heterocycles. The van der Waals surface area contributed by atoms with Gasteiger partial charge in [-0.1, -0.05) is 54.6 Å². The number of nitriles is 1. The molecule has 160 valence electrons. The maximum Gasteiger partial charge on any atom is 0.293 e. The number of anilines is 2. The molecule has 3 aromatic rings. The third kappa shape index (κ3) is 5.58. The molecule has 3 rings (SSSR count). The van der Waals surface area contributed by atoms with Crippen LogP contribution in [-0.2, 0) is 11.2 Å². The number of para-hydroxylation sites is 1. The van der Waals surface area contributed by atoms with E-state index in [4.69, 9.17) is 0 Å². The summed E-state index contributed by atoms with van der Waals surface area (Å²) in [7, 11) is 1.74. The molecule has 32 heavy (non-hydrogen) atoms. The molecule has 3 aromatic carbocycles. The van der Waals surface area contributed by atoms with Crippen LogP contribution in [0.25, 0.3) is 6.08 Å². The first-order chi connectivity index (χ1) is 15.5. The first-order valence-electron chi connectivity index (χ1n) is 10.0. The number of hydrogen-bond donors (Lipinski definition) is 1. The van der Waals surface area contributed by atoms with Gasteiger partial charge in [0.15, 0.2) is 0 Å². The molecule has 0 fully saturated rings. The topological polar surface area (TPSA) is 99.3 Å². The van der Waals surface area contributed by atoms with Gasteiger partial charge in [0.05, 0.1) is 4.92 Å². The van der Waals surface area contributed by atoms with Crippen molar-refractivity contribution in [1.29, 1.82) is 5.26 Å². The highest BCUT2D eigenvalue weighted by atomic mass is 16.6. The first-order valence-corrected chi connectivity index (χ1v) is 10.0. The van der Waals surface area contributed by atoms with Crippen LogP contribution in [0.5, 0.6) is 0 Å². The van der Waals surface area contributed by atoms with Crippen LogP contribution >= 0.6 is 0 Å². The van der Waals surface area contributed by atoms with Crippen LogP contribution in [0.3, 0.4) is 0 Å². The monoisotopic (exact) mass is 426 g/mol. The van der Waals surface area contributed by atoms with Crippen LogP contribution < -0.4 is 10.2 Å². The van der Waals surface area contributed by atoms with E-state index in [0.717, 1.165) is 11.3 Å². The minimum atomic E-state index is -0.517. The predicted molar refractivity (Wildman–Crippen MR) is 124 cm³/mol. The number of amides is 1. The third-order valence-corrected chi connectivity index (χ3v) is 4.92. The summed E-state index contributed by atoms with van der Waals surface area (Å²) in [6.45, 7) is 0.378. The molecule has 0 bridgehead atoms. The van der Waals surface area contributed by atoms with E-state index in [1.54, 1.807) is 24.1 Å². The zero-order chi connectivity index (χ0) is 22.9. The average Bonchev–Trinajstić information content (AvgIpc) is 2.83. The van der Waals surface area contributed by atoms with Crippen LogP contribution in [0.2, 0.25) is 0 Å². The standard InChI is InChI=1S/C25H22N4O3/c1-28(22-10-6-3-7-11-22)23-13-12-20(17-24(23)29(31)32)16-21(18-26)25(30)27-15-14-19-8-4-2-5-9-19/h2-13,16-17H,14-15H2,1H3,(H,27,30). The molecular weight excluding hydrogens is 404 g/mol. The smallest absolute Gasteiger partial charge is 0.293 e. The maximum absolute atomic E-state index is 12.4.